The summed E-state index contributed by atoms with van der Waals surface area (Å²) < 4.78 is 56.0. The third-order valence-electron chi connectivity index (χ3n) is 4.73. The van der Waals surface area contributed by atoms with Gasteiger partial charge in [0.1, 0.15) is 17.4 Å². The average Bonchev–Trinajstić information content (AvgIpc) is 2.70. The summed E-state index contributed by atoms with van der Waals surface area (Å²) in [5, 5.41) is 0. The molecule has 1 aliphatic rings. The fraction of sp³-hybridized carbons (Fsp3) is 0.316. The maximum atomic E-state index is 13.8. The molecule has 1 heterocycles. The van der Waals surface area contributed by atoms with Crippen LogP contribution in [0, 0.1) is 11.6 Å². The lowest BCUT2D eigenvalue weighted by Crippen LogP contribution is -2.48. The molecule has 0 radical (unpaired) electrons. The summed E-state index contributed by atoms with van der Waals surface area (Å²) in [5.74, 6) is -1.14. The highest BCUT2D eigenvalue weighted by Crippen LogP contribution is 2.26. The minimum atomic E-state index is -2.84. The minimum Gasteiger partial charge on any atom is -0.495 e. The summed E-state index contributed by atoms with van der Waals surface area (Å²) in [6.45, 7) is 2.36. The zero-order valence-electron chi connectivity index (χ0n) is 15.7. The van der Waals surface area contributed by atoms with Crippen molar-refractivity contribution in [3.8, 4) is 5.75 Å². The van der Waals surface area contributed by atoms with Crippen LogP contribution in [-0.4, -0.2) is 57.4 Å². The summed E-state index contributed by atoms with van der Waals surface area (Å²) in [5.41, 5.74) is 1.05. The van der Waals surface area contributed by atoms with Gasteiger partial charge < -0.3 is 9.64 Å². The molecule has 1 saturated heterocycles. The van der Waals surface area contributed by atoms with E-state index < -0.39 is 22.5 Å². The number of nitrogens with one attached hydrogen (secondary N) is 1. The van der Waals surface area contributed by atoms with Crippen molar-refractivity contribution in [3.63, 3.8) is 0 Å². The number of methoxy groups -OCH3 is 1. The van der Waals surface area contributed by atoms with Crippen LogP contribution < -0.4 is 9.46 Å². The van der Waals surface area contributed by atoms with Gasteiger partial charge >= 0.3 is 0 Å². The number of carbonyl (C=O) groups excluding carboxylic acids is 1. The number of benzene rings is 2. The molecule has 7 nitrogen and oxygen atoms in total. The van der Waals surface area contributed by atoms with E-state index in [1.165, 1.54) is 37.4 Å². The number of halogens is 2. The Hall–Kier alpha value is -2.72. The van der Waals surface area contributed by atoms with Crippen molar-refractivity contribution in [1.29, 1.82) is 0 Å². The van der Waals surface area contributed by atoms with E-state index in [1.807, 2.05) is 4.90 Å². The fourth-order valence-electron chi connectivity index (χ4n) is 3.20. The summed E-state index contributed by atoms with van der Waals surface area (Å²) in [4.78, 5) is 16.4. The van der Waals surface area contributed by atoms with E-state index in [2.05, 4.69) is 4.72 Å². The van der Waals surface area contributed by atoms with Crippen LogP contribution in [-0.2, 0) is 17.4 Å². The van der Waals surface area contributed by atoms with Gasteiger partial charge in [-0.25, -0.2) is 17.2 Å². The number of carbonyl (C=O) groups is 1. The van der Waals surface area contributed by atoms with E-state index in [0.717, 1.165) is 6.07 Å². The smallest absolute Gasteiger partial charge is 0.254 e. The number of amides is 1. The third-order valence-corrected chi connectivity index (χ3v) is 5.15. The highest BCUT2D eigenvalue weighted by molar-refractivity contribution is 7.73. The zero-order valence-corrected chi connectivity index (χ0v) is 16.6. The summed E-state index contributed by atoms with van der Waals surface area (Å²) in [7, 11) is -1.46. The highest BCUT2D eigenvalue weighted by atomic mass is 32.2. The number of rotatable bonds is 6. The molecule has 0 saturated carbocycles. The Bertz CT molecular complexity index is 968. The van der Waals surface area contributed by atoms with E-state index in [9.17, 15) is 22.0 Å². The van der Waals surface area contributed by atoms with Gasteiger partial charge in [0.15, 0.2) is 0 Å². The average molecular weight is 425 g/mol. The molecule has 0 spiro atoms. The van der Waals surface area contributed by atoms with Gasteiger partial charge in [0.05, 0.1) is 12.8 Å². The molecule has 3 rings (SSSR count). The minimum absolute atomic E-state index is 0.200. The van der Waals surface area contributed by atoms with E-state index in [1.54, 1.807) is 4.90 Å². The van der Waals surface area contributed by atoms with Crippen LogP contribution in [0.3, 0.4) is 0 Å². The number of hydrogen-bond donors (Lipinski definition) is 2. The summed E-state index contributed by atoms with van der Waals surface area (Å²) in [6.07, 6.45) is 0. The lowest BCUT2D eigenvalue weighted by Gasteiger charge is -2.35. The molecule has 2 aromatic rings. The van der Waals surface area contributed by atoms with Crippen molar-refractivity contribution in [1.82, 2.24) is 9.80 Å². The molecule has 10 heteroatoms. The van der Waals surface area contributed by atoms with E-state index in [0.29, 0.717) is 43.9 Å². The van der Waals surface area contributed by atoms with Gasteiger partial charge in [-0.2, -0.15) is 0 Å². The summed E-state index contributed by atoms with van der Waals surface area (Å²) in [6, 6.07) is 8.03. The van der Waals surface area contributed by atoms with Gasteiger partial charge in [0.25, 0.3) is 5.91 Å². The zero-order chi connectivity index (χ0) is 21.0. The Morgan fingerprint density at radius 1 is 1.10 bits per heavy atom. The number of piperazine rings is 1. The first-order valence-electron chi connectivity index (χ1n) is 8.92. The molecule has 1 aliphatic heterocycles. The number of ether oxygens (including phenoxy) is 1. The SMILES string of the molecule is COc1cc(C(=O)N2CCN(Cc3ccc(F)cc3F)CC2)ccc1N[SH](=O)=O. The van der Waals surface area contributed by atoms with Gasteiger partial charge in [-0.05, 0) is 24.3 Å². The van der Waals surface area contributed by atoms with Crippen LogP contribution in [0.5, 0.6) is 5.75 Å². The van der Waals surface area contributed by atoms with Crippen LogP contribution >= 0.6 is 0 Å². The Kier molecular flexibility index (Phi) is 6.65. The van der Waals surface area contributed by atoms with Crippen molar-refractivity contribution in [2.45, 2.75) is 6.54 Å². The van der Waals surface area contributed by atoms with Crippen LogP contribution in [0.2, 0.25) is 0 Å². The standard InChI is InChI=1S/C19H21F2N3O4S/c1-28-18-10-13(3-5-17(18)22-29(26)27)19(25)24-8-6-23(7-9-24)12-14-2-4-15(20)11-16(14)21/h2-5,10-11,29H,6-9,12H2,1H3,(H,22,26,27). The Labute approximate surface area is 169 Å². The first kappa shape index (κ1) is 21.0. The maximum Gasteiger partial charge on any atom is 0.254 e. The van der Waals surface area contributed by atoms with E-state index in [-0.39, 0.29) is 17.3 Å². The van der Waals surface area contributed by atoms with E-state index >= 15 is 0 Å². The lowest BCUT2D eigenvalue weighted by molar-refractivity contribution is 0.0626. The largest absolute Gasteiger partial charge is 0.495 e. The predicted octanol–water partition coefficient (Wildman–Crippen LogP) is 1.87. The molecule has 1 amide bonds. The number of anilines is 1. The molecule has 0 atom stereocenters. The van der Waals surface area contributed by atoms with Crippen molar-refractivity contribution >= 4 is 22.5 Å². The molecule has 156 valence electrons. The van der Waals surface area contributed by atoms with Crippen LogP contribution in [0.1, 0.15) is 15.9 Å². The monoisotopic (exact) mass is 425 g/mol. The van der Waals surface area contributed by atoms with E-state index in [4.69, 9.17) is 4.74 Å². The van der Waals surface area contributed by atoms with Gasteiger partial charge in [-0.15, -0.1) is 0 Å². The lowest BCUT2D eigenvalue weighted by atomic mass is 10.1. The predicted molar refractivity (Wildman–Crippen MR) is 104 cm³/mol. The van der Waals surface area contributed by atoms with Crippen LogP contribution in [0.4, 0.5) is 14.5 Å². The van der Waals surface area contributed by atoms with Crippen molar-refractivity contribution in [2.75, 3.05) is 38.0 Å². The number of nitrogens with zero attached hydrogens (tertiary/aromatic N) is 2. The van der Waals surface area contributed by atoms with Gasteiger partial charge in [0, 0.05) is 49.9 Å². The van der Waals surface area contributed by atoms with Crippen molar-refractivity contribution in [2.24, 2.45) is 0 Å². The Balaban J connectivity index is 1.62. The Morgan fingerprint density at radius 3 is 2.45 bits per heavy atom. The normalized spacial score (nSPS) is 14.8. The third kappa shape index (κ3) is 5.21. The molecule has 0 aromatic heterocycles. The van der Waals surface area contributed by atoms with Gasteiger partial charge in [-0.1, -0.05) is 6.07 Å². The molecule has 1 N–H and O–H groups in total. The second kappa shape index (κ2) is 9.19. The van der Waals surface area contributed by atoms with Crippen molar-refractivity contribution in [3.05, 3.63) is 59.2 Å². The van der Waals surface area contributed by atoms with Crippen LogP contribution in [0.25, 0.3) is 0 Å². The van der Waals surface area contributed by atoms with Gasteiger partial charge in [-0.3, -0.25) is 14.4 Å². The second-order valence-corrected chi connectivity index (χ2v) is 7.33. The first-order chi connectivity index (χ1) is 13.9. The second-order valence-electron chi connectivity index (χ2n) is 6.59. The molecule has 0 bridgehead atoms. The number of thiol groups is 1. The maximum absolute atomic E-state index is 13.8. The van der Waals surface area contributed by atoms with Gasteiger partial charge in [0.2, 0.25) is 10.9 Å². The molecule has 0 unspecified atom stereocenters. The molecular formula is C19H21F2N3O4S. The fourth-order valence-corrected chi connectivity index (χ4v) is 3.58. The van der Waals surface area contributed by atoms with Crippen molar-refractivity contribution < 1.29 is 26.7 Å². The molecule has 0 aliphatic carbocycles. The molecule has 29 heavy (non-hydrogen) atoms. The molecule has 2 aromatic carbocycles. The molecule has 1 fully saturated rings. The molecular weight excluding hydrogens is 404 g/mol. The first-order valence-corrected chi connectivity index (χ1v) is 10.1. The summed E-state index contributed by atoms with van der Waals surface area (Å²) >= 11 is 0. The Morgan fingerprint density at radius 2 is 1.83 bits per heavy atom. The van der Waals surface area contributed by atoms with Crippen LogP contribution in [0.15, 0.2) is 36.4 Å². The number of hydrogen-bond acceptors (Lipinski definition) is 5. The quantitative estimate of drug-likeness (QED) is 0.691. The highest BCUT2D eigenvalue weighted by Gasteiger charge is 2.23. The topological polar surface area (TPSA) is 79.0 Å².